The van der Waals surface area contributed by atoms with Gasteiger partial charge in [-0.3, -0.25) is 4.90 Å². The van der Waals surface area contributed by atoms with E-state index in [1.165, 1.54) is 0 Å². The topological polar surface area (TPSA) is 60.0 Å². The Morgan fingerprint density at radius 3 is 3.06 bits per heavy atom. The number of aromatic nitrogens is 3. The summed E-state index contributed by atoms with van der Waals surface area (Å²) in [4.78, 5) is 2.31. The highest BCUT2D eigenvalue weighted by Crippen LogP contribution is 2.21. The lowest BCUT2D eigenvalue weighted by molar-refractivity contribution is 0.209. The average Bonchev–Trinajstić information content (AvgIpc) is 2.80. The number of nitrogens with zero attached hydrogens (tertiary/aromatic N) is 4. The van der Waals surface area contributed by atoms with Crippen LogP contribution in [0, 0.1) is 0 Å². The molecule has 1 aliphatic rings. The van der Waals surface area contributed by atoms with Gasteiger partial charge in [-0.05, 0) is 17.7 Å². The summed E-state index contributed by atoms with van der Waals surface area (Å²) in [6.07, 6.45) is 1.78. The predicted octanol–water partition coefficient (Wildman–Crippen LogP) is 1.53. The highest BCUT2D eigenvalue weighted by Gasteiger charge is 2.17. The molecule has 0 bridgehead atoms. The van der Waals surface area contributed by atoms with Crippen LogP contribution in [0.3, 0.4) is 0 Å². The van der Waals surface area contributed by atoms with Crippen molar-refractivity contribution < 1.29 is 0 Å². The van der Waals surface area contributed by atoms with Gasteiger partial charge in [-0.1, -0.05) is 17.7 Å². The van der Waals surface area contributed by atoms with Gasteiger partial charge in [-0.25, -0.2) is 0 Å². The molecule has 1 aromatic carbocycles. The maximum atomic E-state index is 5.97. The van der Waals surface area contributed by atoms with Crippen LogP contribution >= 0.6 is 11.6 Å². The summed E-state index contributed by atoms with van der Waals surface area (Å²) < 4.78 is 2.09. The lowest BCUT2D eigenvalue weighted by Crippen LogP contribution is -2.33. The SMILES string of the molecule is Nc1cc(Cl)ccc1CN1CCn2cnnc2C1. The highest BCUT2D eigenvalue weighted by atomic mass is 35.5. The van der Waals surface area contributed by atoms with Crippen molar-refractivity contribution in [2.45, 2.75) is 19.6 Å². The summed E-state index contributed by atoms with van der Waals surface area (Å²) in [5, 5.41) is 8.70. The normalized spacial score (nSPS) is 15.6. The zero-order chi connectivity index (χ0) is 12.5. The number of hydrogen-bond donors (Lipinski definition) is 1. The molecule has 0 unspecified atom stereocenters. The standard InChI is InChI=1S/C12H14ClN5/c13-10-2-1-9(11(14)5-10)6-17-3-4-18-8-15-16-12(18)7-17/h1-2,5,8H,3-4,6-7,14H2. The van der Waals surface area contributed by atoms with Crippen molar-refractivity contribution in [1.82, 2.24) is 19.7 Å². The number of halogens is 1. The molecule has 0 radical (unpaired) electrons. The molecular formula is C12H14ClN5. The van der Waals surface area contributed by atoms with E-state index >= 15 is 0 Å². The Kier molecular flexibility index (Phi) is 2.93. The van der Waals surface area contributed by atoms with Crippen LogP contribution in [-0.4, -0.2) is 26.2 Å². The van der Waals surface area contributed by atoms with Crippen LogP contribution in [0.4, 0.5) is 5.69 Å². The fraction of sp³-hybridized carbons (Fsp3) is 0.333. The maximum Gasteiger partial charge on any atom is 0.147 e. The van der Waals surface area contributed by atoms with E-state index in [0.717, 1.165) is 43.3 Å². The molecule has 1 aromatic heterocycles. The average molecular weight is 264 g/mol. The van der Waals surface area contributed by atoms with Gasteiger partial charge >= 0.3 is 0 Å². The molecule has 94 valence electrons. The summed E-state index contributed by atoms with van der Waals surface area (Å²) in [5.41, 5.74) is 7.82. The molecule has 6 heteroatoms. The fourth-order valence-electron chi connectivity index (χ4n) is 2.20. The highest BCUT2D eigenvalue weighted by molar-refractivity contribution is 6.30. The molecule has 0 amide bonds. The van der Waals surface area contributed by atoms with Gasteiger partial charge in [0, 0.05) is 30.3 Å². The molecule has 3 rings (SSSR count). The smallest absolute Gasteiger partial charge is 0.147 e. The molecule has 18 heavy (non-hydrogen) atoms. The Balaban J connectivity index is 1.74. The minimum Gasteiger partial charge on any atom is -0.398 e. The lowest BCUT2D eigenvalue weighted by atomic mass is 10.1. The summed E-state index contributed by atoms with van der Waals surface area (Å²) >= 11 is 5.90. The number of nitrogens with two attached hydrogens (primary N) is 1. The minimum atomic E-state index is 0.676. The Morgan fingerprint density at radius 2 is 2.22 bits per heavy atom. The Labute approximate surface area is 110 Å². The Bertz CT molecular complexity index is 565. The molecule has 2 N–H and O–H groups in total. The van der Waals surface area contributed by atoms with Crippen LogP contribution in [0.2, 0.25) is 5.02 Å². The first kappa shape index (κ1) is 11.5. The van der Waals surface area contributed by atoms with Crippen molar-refractivity contribution in [2.75, 3.05) is 12.3 Å². The van der Waals surface area contributed by atoms with Gasteiger partial charge in [0.25, 0.3) is 0 Å². The first-order chi connectivity index (χ1) is 8.72. The van der Waals surface area contributed by atoms with Gasteiger partial charge in [0.05, 0.1) is 6.54 Å². The zero-order valence-electron chi connectivity index (χ0n) is 9.88. The molecule has 0 fully saturated rings. The van der Waals surface area contributed by atoms with E-state index in [1.54, 1.807) is 12.4 Å². The van der Waals surface area contributed by atoms with Gasteiger partial charge in [-0.2, -0.15) is 0 Å². The van der Waals surface area contributed by atoms with Crippen molar-refractivity contribution in [3.8, 4) is 0 Å². The Morgan fingerprint density at radius 1 is 1.33 bits per heavy atom. The van der Waals surface area contributed by atoms with Gasteiger partial charge < -0.3 is 10.3 Å². The lowest BCUT2D eigenvalue weighted by Gasteiger charge is -2.27. The van der Waals surface area contributed by atoms with Gasteiger partial charge in [0.15, 0.2) is 0 Å². The Hall–Kier alpha value is -1.59. The second kappa shape index (κ2) is 4.59. The van der Waals surface area contributed by atoms with Crippen LogP contribution < -0.4 is 5.73 Å². The van der Waals surface area contributed by atoms with Crippen LogP contribution in [0.5, 0.6) is 0 Å². The number of fused-ring (bicyclic) bond motifs is 1. The molecule has 0 aliphatic carbocycles. The number of rotatable bonds is 2. The maximum absolute atomic E-state index is 5.97. The first-order valence-electron chi connectivity index (χ1n) is 5.85. The van der Waals surface area contributed by atoms with Crippen LogP contribution in [0.15, 0.2) is 24.5 Å². The van der Waals surface area contributed by atoms with Gasteiger partial charge in [0.2, 0.25) is 0 Å². The number of anilines is 1. The van der Waals surface area contributed by atoms with Crippen LogP contribution in [0.1, 0.15) is 11.4 Å². The van der Waals surface area contributed by atoms with Gasteiger partial charge in [-0.15, -0.1) is 10.2 Å². The van der Waals surface area contributed by atoms with E-state index in [1.807, 2.05) is 12.1 Å². The molecule has 1 aliphatic heterocycles. The summed E-state index contributed by atoms with van der Waals surface area (Å²) in [7, 11) is 0. The van der Waals surface area contributed by atoms with Crippen LogP contribution in [0.25, 0.3) is 0 Å². The number of hydrogen-bond acceptors (Lipinski definition) is 4. The first-order valence-corrected chi connectivity index (χ1v) is 6.23. The quantitative estimate of drug-likeness (QED) is 0.835. The number of nitrogen functional groups attached to an aromatic ring is 1. The summed E-state index contributed by atoms with van der Waals surface area (Å²) in [6, 6.07) is 5.65. The van der Waals surface area contributed by atoms with E-state index in [9.17, 15) is 0 Å². The van der Waals surface area contributed by atoms with E-state index < -0.39 is 0 Å². The van der Waals surface area contributed by atoms with Crippen molar-refractivity contribution in [1.29, 1.82) is 0 Å². The zero-order valence-corrected chi connectivity index (χ0v) is 10.6. The van der Waals surface area contributed by atoms with E-state index in [4.69, 9.17) is 17.3 Å². The van der Waals surface area contributed by atoms with Crippen molar-refractivity contribution in [3.05, 3.63) is 40.9 Å². The minimum absolute atomic E-state index is 0.676. The molecule has 0 saturated carbocycles. The molecule has 0 atom stereocenters. The summed E-state index contributed by atoms with van der Waals surface area (Å²) in [5.74, 6) is 1.01. The second-order valence-electron chi connectivity index (χ2n) is 4.49. The van der Waals surface area contributed by atoms with Crippen molar-refractivity contribution >= 4 is 17.3 Å². The molecule has 0 saturated heterocycles. The monoisotopic (exact) mass is 263 g/mol. The third-order valence-electron chi connectivity index (χ3n) is 3.22. The number of benzene rings is 1. The molecular weight excluding hydrogens is 250 g/mol. The van der Waals surface area contributed by atoms with Crippen molar-refractivity contribution in [3.63, 3.8) is 0 Å². The van der Waals surface area contributed by atoms with E-state index in [2.05, 4.69) is 19.7 Å². The van der Waals surface area contributed by atoms with Crippen molar-refractivity contribution in [2.24, 2.45) is 0 Å². The molecule has 5 nitrogen and oxygen atoms in total. The van der Waals surface area contributed by atoms with E-state index in [0.29, 0.717) is 5.02 Å². The van der Waals surface area contributed by atoms with Gasteiger partial charge in [0.1, 0.15) is 12.2 Å². The van der Waals surface area contributed by atoms with E-state index in [-0.39, 0.29) is 0 Å². The third kappa shape index (κ3) is 2.19. The fourth-order valence-corrected chi connectivity index (χ4v) is 2.38. The predicted molar refractivity (Wildman–Crippen MR) is 70.0 cm³/mol. The third-order valence-corrected chi connectivity index (χ3v) is 3.45. The molecule has 2 aromatic rings. The van der Waals surface area contributed by atoms with Crippen LogP contribution in [-0.2, 0) is 19.6 Å². The summed E-state index contributed by atoms with van der Waals surface area (Å²) in [6.45, 7) is 3.53. The molecule has 0 spiro atoms. The second-order valence-corrected chi connectivity index (χ2v) is 4.93. The molecule has 2 heterocycles. The largest absolute Gasteiger partial charge is 0.398 e.